The molecule has 0 aromatic heterocycles. The van der Waals surface area contributed by atoms with Crippen molar-refractivity contribution in [1.82, 2.24) is 5.32 Å². The maximum Gasteiger partial charge on any atom is 0.264 e. The lowest BCUT2D eigenvalue weighted by Crippen LogP contribution is -2.42. The molecule has 0 radical (unpaired) electrons. The Morgan fingerprint density at radius 2 is 1.50 bits per heavy atom. The Kier molecular flexibility index (Phi) is 12.0. The number of rotatable bonds is 15. The molecule has 0 aromatic rings. The Hall–Kier alpha value is -0.920. The molecule has 2 N–H and O–H groups in total. The molecule has 0 saturated heterocycles. The normalized spacial score (nSPS) is 12.1. The standard InChI is InChI=1S/C17H34N2O4S/c1-4-17(20)18-13-12-15-19(2,3)14-10-8-6-5-7-9-11-16-24(21,22)23/h4H,1,5-16H2,2-3H3,(H-,18,20,21,22,23)/p+1. The molecule has 6 nitrogen and oxygen atoms in total. The number of hydrogen-bond acceptors (Lipinski definition) is 3. The lowest BCUT2D eigenvalue weighted by molar-refractivity contribution is -0.890. The Labute approximate surface area is 147 Å². The molecule has 0 saturated carbocycles. The van der Waals surface area contributed by atoms with Gasteiger partial charge >= 0.3 is 0 Å². The summed E-state index contributed by atoms with van der Waals surface area (Å²) in [6.45, 7) is 6.27. The third-order valence-electron chi connectivity index (χ3n) is 4.09. The topological polar surface area (TPSA) is 83.5 Å². The van der Waals surface area contributed by atoms with Crippen molar-refractivity contribution in [2.45, 2.75) is 51.4 Å². The van der Waals surface area contributed by atoms with Crippen LogP contribution in [0.15, 0.2) is 12.7 Å². The van der Waals surface area contributed by atoms with Crippen molar-refractivity contribution in [2.75, 3.05) is 39.5 Å². The molecular formula is C17H35N2O4S+. The molecule has 7 heteroatoms. The number of nitrogens with one attached hydrogen (secondary N) is 1. The molecule has 0 aliphatic heterocycles. The summed E-state index contributed by atoms with van der Waals surface area (Å²) in [5, 5.41) is 2.79. The Balaban J connectivity index is 3.51. The maximum absolute atomic E-state index is 11.0. The van der Waals surface area contributed by atoms with Gasteiger partial charge in [-0.2, -0.15) is 8.42 Å². The highest BCUT2D eigenvalue weighted by molar-refractivity contribution is 7.85. The summed E-state index contributed by atoms with van der Waals surface area (Å²) in [7, 11) is 0.638. The SMILES string of the molecule is C=CC(=O)NCCC[N+](C)(C)CCCCCCCCCS(=O)(=O)O. The fraction of sp³-hybridized carbons (Fsp3) is 0.824. The summed E-state index contributed by atoms with van der Waals surface area (Å²) < 4.78 is 30.7. The van der Waals surface area contributed by atoms with Gasteiger partial charge in [0.05, 0.1) is 32.9 Å². The molecular weight excluding hydrogens is 328 g/mol. The molecule has 0 heterocycles. The van der Waals surface area contributed by atoms with Crippen LogP contribution in [0.3, 0.4) is 0 Å². The predicted molar refractivity (Wildman–Crippen MR) is 98.4 cm³/mol. The first kappa shape index (κ1) is 23.1. The van der Waals surface area contributed by atoms with E-state index >= 15 is 0 Å². The lowest BCUT2D eigenvalue weighted by atomic mass is 10.1. The lowest BCUT2D eigenvalue weighted by Gasteiger charge is -2.30. The predicted octanol–water partition coefficient (Wildman–Crippen LogP) is 2.37. The Morgan fingerprint density at radius 3 is 2.04 bits per heavy atom. The highest BCUT2D eigenvalue weighted by Crippen LogP contribution is 2.10. The zero-order valence-corrected chi connectivity index (χ0v) is 16.1. The Morgan fingerprint density at radius 1 is 1.00 bits per heavy atom. The van der Waals surface area contributed by atoms with E-state index in [1.54, 1.807) is 0 Å². The molecule has 0 aromatic carbocycles. The van der Waals surface area contributed by atoms with E-state index in [2.05, 4.69) is 26.0 Å². The Bertz CT molecular complexity index is 461. The first-order valence-corrected chi connectivity index (χ1v) is 10.4. The van der Waals surface area contributed by atoms with E-state index in [1.165, 1.54) is 25.3 Å². The number of amides is 1. The van der Waals surface area contributed by atoms with Gasteiger partial charge in [0, 0.05) is 13.0 Å². The number of nitrogens with zero attached hydrogens (tertiary/aromatic N) is 1. The van der Waals surface area contributed by atoms with Crippen molar-refractivity contribution < 1.29 is 22.2 Å². The summed E-state index contributed by atoms with van der Waals surface area (Å²) in [6, 6.07) is 0. The van der Waals surface area contributed by atoms with Crippen LogP contribution in [0.4, 0.5) is 0 Å². The second-order valence-corrected chi connectivity index (χ2v) is 8.56. The monoisotopic (exact) mass is 363 g/mol. The molecule has 142 valence electrons. The van der Waals surface area contributed by atoms with Crippen LogP contribution in [0, 0.1) is 0 Å². The third-order valence-corrected chi connectivity index (χ3v) is 4.90. The van der Waals surface area contributed by atoms with Gasteiger partial charge in [-0.1, -0.05) is 32.3 Å². The zero-order valence-electron chi connectivity index (χ0n) is 15.3. The van der Waals surface area contributed by atoms with Crippen LogP contribution < -0.4 is 5.32 Å². The van der Waals surface area contributed by atoms with E-state index in [0.717, 1.165) is 43.3 Å². The maximum atomic E-state index is 11.0. The molecule has 1 amide bonds. The van der Waals surface area contributed by atoms with E-state index in [-0.39, 0.29) is 11.7 Å². The molecule has 0 fully saturated rings. The van der Waals surface area contributed by atoms with Gasteiger partial charge in [0.1, 0.15) is 0 Å². The van der Waals surface area contributed by atoms with Crippen molar-refractivity contribution >= 4 is 16.0 Å². The van der Waals surface area contributed by atoms with Crippen molar-refractivity contribution in [2.24, 2.45) is 0 Å². The molecule has 0 aliphatic rings. The van der Waals surface area contributed by atoms with Gasteiger partial charge in [0.25, 0.3) is 10.1 Å². The van der Waals surface area contributed by atoms with E-state index in [1.807, 2.05) is 0 Å². The fourth-order valence-corrected chi connectivity index (χ4v) is 3.18. The summed E-state index contributed by atoms with van der Waals surface area (Å²) in [6.07, 6.45) is 9.33. The fourth-order valence-electron chi connectivity index (χ4n) is 2.61. The molecule has 0 unspecified atom stereocenters. The summed E-state index contributed by atoms with van der Waals surface area (Å²) in [5.74, 6) is -0.233. The minimum Gasteiger partial charge on any atom is -0.352 e. The largest absolute Gasteiger partial charge is 0.352 e. The highest BCUT2D eigenvalue weighted by atomic mass is 32.2. The van der Waals surface area contributed by atoms with Gasteiger partial charge in [-0.25, -0.2) is 0 Å². The quantitative estimate of drug-likeness (QED) is 0.202. The van der Waals surface area contributed by atoms with Crippen LogP contribution in [-0.2, 0) is 14.9 Å². The first-order valence-electron chi connectivity index (χ1n) is 8.84. The van der Waals surface area contributed by atoms with Crippen LogP contribution in [0.2, 0.25) is 0 Å². The minimum absolute atomic E-state index is 0.114. The average molecular weight is 364 g/mol. The van der Waals surface area contributed by atoms with E-state index in [9.17, 15) is 13.2 Å². The van der Waals surface area contributed by atoms with Crippen LogP contribution >= 0.6 is 0 Å². The van der Waals surface area contributed by atoms with Gasteiger partial charge in [-0.15, -0.1) is 0 Å². The van der Waals surface area contributed by atoms with Crippen LogP contribution in [0.5, 0.6) is 0 Å². The highest BCUT2D eigenvalue weighted by Gasteiger charge is 2.13. The van der Waals surface area contributed by atoms with Gasteiger partial charge < -0.3 is 9.80 Å². The van der Waals surface area contributed by atoms with Crippen molar-refractivity contribution in [3.63, 3.8) is 0 Å². The van der Waals surface area contributed by atoms with Crippen molar-refractivity contribution in [1.29, 1.82) is 0 Å². The molecule has 24 heavy (non-hydrogen) atoms. The van der Waals surface area contributed by atoms with E-state index in [0.29, 0.717) is 13.0 Å². The summed E-state index contributed by atoms with van der Waals surface area (Å²) in [4.78, 5) is 11.0. The van der Waals surface area contributed by atoms with Gasteiger partial charge in [-0.3, -0.25) is 9.35 Å². The molecule has 0 aliphatic carbocycles. The molecule has 0 rings (SSSR count). The van der Waals surface area contributed by atoms with Crippen LogP contribution in [0.25, 0.3) is 0 Å². The number of carbonyl (C=O) groups excluding carboxylic acids is 1. The number of unbranched alkanes of at least 4 members (excludes halogenated alkanes) is 6. The first-order chi connectivity index (χ1) is 11.2. The molecule has 0 atom stereocenters. The smallest absolute Gasteiger partial charge is 0.264 e. The number of hydrogen-bond donors (Lipinski definition) is 2. The molecule has 0 spiro atoms. The van der Waals surface area contributed by atoms with Gasteiger partial charge in [0.2, 0.25) is 5.91 Å². The number of carbonyl (C=O) groups is 1. The van der Waals surface area contributed by atoms with Crippen LogP contribution in [-0.4, -0.2) is 62.8 Å². The summed E-state index contributed by atoms with van der Waals surface area (Å²) >= 11 is 0. The molecule has 0 bridgehead atoms. The number of quaternary nitrogens is 1. The van der Waals surface area contributed by atoms with Gasteiger partial charge in [0.15, 0.2) is 0 Å². The van der Waals surface area contributed by atoms with Crippen LogP contribution in [0.1, 0.15) is 51.4 Å². The van der Waals surface area contributed by atoms with Crippen molar-refractivity contribution in [3.8, 4) is 0 Å². The van der Waals surface area contributed by atoms with E-state index < -0.39 is 10.1 Å². The second kappa shape index (κ2) is 12.4. The van der Waals surface area contributed by atoms with Gasteiger partial charge in [-0.05, 0) is 25.3 Å². The zero-order chi connectivity index (χ0) is 18.5. The minimum atomic E-state index is -3.79. The third kappa shape index (κ3) is 16.0. The average Bonchev–Trinajstić information content (AvgIpc) is 2.48. The van der Waals surface area contributed by atoms with Crippen molar-refractivity contribution in [3.05, 3.63) is 12.7 Å². The second-order valence-electron chi connectivity index (χ2n) is 6.99. The van der Waals surface area contributed by atoms with E-state index in [4.69, 9.17) is 4.55 Å². The summed E-state index contributed by atoms with van der Waals surface area (Å²) in [5.41, 5.74) is 0.